The fraction of sp³-hybridized carbons (Fsp3) is 0.571. The highest BCUT2D eigenvalue weighted by Gasteiger charge is 2.07. The molecule has 0 saturated heterocycles. The molecule has 102 valence electrons. The minimum absolute atomic E-state index is 0.237. The zero-order valence-corrected chi connectivity index (χ0v) is 11.9. The number of hydrogen-bond acceptors (Lipinski definition) is 3. The predicted octanol–water partition coefficient (Wildman–Crippen LogP) is 3.04. The van der Waals surface area contributed by atoms with Crippen LogP contribution in [0, 0.1) is 0 Å². The van der Waals surface area contributed by atoms with Crippen LogP contribution in [0.3, 0.4) is 0 Å². The van der Waals surface area contributed by atoms with E-state index in [1.165, 1.54) is 0 Å². The summed E-state index contributed by atoms with van der Waals surface area (Å²) in [6, 6.07) is 8.13. The second-order valence-corrected chi connectivity index (χ2v) is 4.56. The molecule has 0 heterocycles. The Bertz CT molecular complexity index is 333. The number of halogens is 1. The lowest BCUT2D eigenvalue weighted by Crippen LogP contribution is -2.23. The van der Waals surface area contributed by atoms with Gasteiger partial charge in [0, 0.05) is 37.9 Å². The minimum Gasteiger partial charge on any atom is -0.385 e. The van der Waals surface area contributed by atoms with Gasteiger partial charge in [0.25, 0.3) is 0 Å². The van der Waals surface area contributed by atoms with Gasteiger partial charge in [0.2, 0.25) is 0 Å². The van der Waals surface area contributed by atoms with E-state index in [0.717, 1.165) is 36.8 Å². The largest absolute Gasteiger partial charge is 0.385 e. The Hall–Kier alpha value is -0.610. The molecule has 1 atom stereocenters. The fourth-order valence-electron chi connectivity index (χ4n) is 1.69. The molecule has 4 heteroatoms. The van der Waals surface area contributed by atoms with Gasteiger partial charge in [0.05, 0.1) is 6.61 Å². The van der Waals surface area contributed by atoms with E-state index in [4.69, 9.17) is 21.1 Å². The summed E-state index contributed by atoms with van der Waals surface area (Å²) >= 11 is 6.13. The third kappa shape index (κ3) is 5.83. The Balaban J connectivity index is 2.14. The Labute approximate surface area is 114 Å². The van der Waals surface area contributed by atoms with Gasteiger partial charge >= 0.3 is 0 Å². The molecule has 0 aliphatic carbocycles. The lowest BCUT2D eigenvalue weighted by atomic mass is 10.1. The van der Waals surface area contributed by atoms with Crippen molar-refractivity contribution < 1.29 is 9.47 Å². The van der Waals surface area contributed by atoms with Gasteiger partial charge in [-0.2, -0.15) is 0 Å². The van der Waals surface area contributed by atoms with Crippen molar-refractivity contribution in [2.45, 2.75) is 19.4 Å². The quantitative estimate of drug-likeness (QED) is 0.701. The van der Waals surface area contributed by atoms with Crippen LogP contribution in [0.25, 0.3) is 0 Å². The van der Waals surface area contributed by atoms with E-state index >= 15 is 0 Å². The van der Waals surface area contributed by atoms with Gasteiger partial charge in [-0.05, 0) is 25.0 Å². The predicted molar refractivity (Wildman–Crippen MR) is 75.2 cm³/mol. The van der Waals surface area contributed by atoms with Crippen molar-refractivity contribution in [3.8, 4) is 0 Å². The van der Waals surface area contributed by atoms with Gasteiger partial charge in [-0.3, -0.25) is 0 Å². The first kappa shape index (κ1) is 15.4. The van der Waals surface area contributed by atoms with Gasteiger partial charge in [-0.25, -0.2) is 0 Å². The first-order valence-corrected chi connectivity index (χ1v) is 6.68. The first-order chi connectivity index (χ1) is 8.75. The van der Waals surface area contributed by atoms with Crippen LogP contribution in [-0.2, 0) is 9.47 Å². The molecule has 0 aliphatic heterocycles. The van der Waals surface area contributed by atoms with Crippen molar-refractivity contribution in [2.75, 3.05) is 33.5 Å². The third-order valence-electron chi connectivity index (χ3n) is 2.71. The van der Waals surface area contributed by atoms with Crippen molar-refractivity contribution in [1.29, 1.82) is 0 Å². The summed E-state index contributed by atoms with van der Waals surface area (Å²) in [5.41, 5.74) is 1.12. The molecule has 0 aromatic heterocycles. The lowest BCUT2D eigenvalue weighted by Gasteiger charge is -2.15. The van der Waals surface area contributed by atoms with Crippen LogP contribution in [0.1, 0.15) is 24.9 Å². The SMILES string of the molecule is COCCCOCCN[C@H](C)c1ccccc1Cl. The lowest BCUT2D eigenvalue weighted by molar-refractivity contribution is 0.103. The average Bonchev–Trinajstić information content (AvgIpc) is 2.38. The van der Waals surface area contributed by atoms with Crippen LogP contribution in [0.5, 0.6) is 0 Å². The maximum absolute atomic E-state index is 6.13. The summed E-state index contributed by atoms with van der Waals surface area (Å²) in [5.74, 6) is 0. The van der Waals surface area contributed by atoms with Crippen LogP contribution in [0.2, 0.25) is 5.02 Å². The zero-order chi connectivity index (χ0) is 13.2. The fourth-order valence-corrected chi connectivity index (χ4v) is 1.99. The van der Waals surface area contributed by atoms with E-state index in [-0.39, 0.29) is 6.04 Å². The number of methoxy groups -OCH3 is 1. The van der Waals surface area contributed by atoms with Crippen molar-refractivity contribution in [3.63, 3.8) is 0 Å². The molecule has 1 aromatic rings. The summed E-state index contributed by atoms with van der Waals surface area (Å²) in [4.78, 5) is 0. The van der Waals surface area contributed by atoms with Gasteiger partial charge in [-0.15, -0.1) is 0 Å². The summed E-state index contributed by atoms with van der Waals surface area (Å²) in [6.07, 6.45) is 0.941. The van der Waals surface area contributed by atoms with E-state index in [9.17, 15) is 0 Å². The molecule has 0 amide bonds. The molecule has 3 nitrogen and oxygen atoms in total. The number of benzene rings is 1. The summed E-state index contributed by atoms with van der Waals surface area (Å²) in [7, 11) is 1.70. The second kappa shape index (κ2) is 9.34. The van der Waals surface area contributed by atoms with Crippen molar-refractivity contribution >= 4 is 11.6 Å². The molecule has 1 N–H and O–H groups in total. The van der Waals surface area contributed by atoms with Gasteiger partial charge in [0.1, 0.15) is 0 Å². The molecule has 18 heavy (non-hydrogen) atoms. The molecule has 1 rings (SSSR count). The van der Waals surface area contributed by atoms with E-state index in [0.29, 0.717) is 6.61 Å². The maximum atomic E-state index is 6.13. The van der Waals surface area contributed by atoms with Gasteiger partial charge in [0.15, 0.2) is 0 Å². The Morgan fingerprint density at radius 1 is 1.22 bits per heavy atom. The zero-order valence-electron chi connectivity index (χ0n) is 11.1. The molecular weight excluding hydrogens is 250 g/mol. The highest BCUT2D eigenvalue weighted by atomic mass is 35.5. The number of ether oxygens (including phenoxy) is 2. The number of rotatable bonds is 9. The minimum atomic E-state index is 0.237. The van der Waals surface area contributed by atoms with Crippen LogP contribution in [0.15, 0.2) is 24.3 Å². The Morgan fingerprint density at radius 2 is 2.00 bits per heavy atom. The van der Waals surface area contributed by atoms with Crippen molar-refractivity contribution in [2.24, 2.45) is 0 Å². The van der Waals surface area contributed by atoms with Crippen molar-refractivity contribution in [1.82, 2.24) is 5.32 Å². The molecule has 1 aromatic carbocycles. The van der Waals surface area contributed by atoms with E-state index in [2.05, 4.69) is 12.2 Å². The average molecular weight is 272 g/mol. The Kier molecular flexibility index (Phi) is 8.01. The van der Waals surface area contributed by atoms with Crippen LogP contribution < -0.4 is 5.32 Å². The smallest absolute Gasteiger partial charge is 0.0591 e. The molecule has 0 spiro atoms. The van der Waals surface area contributed by atoms with E-state index < -0.39 is 0 Å². The third-order valence-corrected chi connectivity index (χ3v) is 3.05. The number of nitrogens with one attached hydrogen (secondary N) is 1. The summed E-state index contributed by atoms with van der Waals surface area (Å²) in [6.45, 7) is 5.13. The van der Waals surface area contributed by atoms with E-state index in [1.807, 2.05) is 24.3 Å². The summed E-state index contributed by atoms with van der Waals surface area (Å²) < 4.78 is 10.4. The maximum Gasteiger partial charge on any atom is 0.0591 e. The highest BCUT2D eigenvalue weighted by molar-refractivity contribution is 6.31. The first-order valence-electron chi connectivity index (χ1n) is 6.30. The molecule has 0 radical (unpaired) electrons. The molecule has 0 aliphatic rings. The topological polar surface area (TPSA) is 30.5 Å². The highest BCUT2D eigenvalue weighted by Crippen LogP contribution is 2.21. The molecule has 0 unspecified atom stereocenters. The standard InChI is InChI=1S/C14H22ClNO2/c1-12(13-6-3-4-7-14(13)15)16-8-11-18-10-5-9-17-2/h3-4,6-7,12,16H,5,8-11H2,1-2H3/t12-/m1/s1. The van der Waals surface area contributed by atoms with Crippen LogP contribution in [-0.4, -0.2) is 33.5 Å². The normalized spacial score (nSPS) is 12.6. The molecule has 0 fully saturated rings. The second-order valence-electron chi connectivity index (χ2n) is 4.16. The molecule has 0 saturated carbocycles. The van der Waals surface area contributed by atoms with Gasteiger partial charge in [-0.1, -0.05) is 29.8 Å². The monoisotopic (exact) mass is 271 g/mol. The van der Waals surface area contributed by atoms with Crippen LogP contribution >= 0.6 is 11.6 Å². The number of hydrogen-bond donors (Lipinski definition) is 1. The van der Waals surface area contributed by atoms with Gasteiger partial charge < -0.3 is 14.8 Å². The van der Waals surface area contributed by atoms with E-state index in [1.54, 1.807) is 7.11 Å². The molecular formula is C14H22ClNO2. The summed E-state index contributed by atoms with van der Waals surface area (Å²) in [5, 5.41) is 4.19. The molecule has 0 bridgehead atoms. The Morgan fingerprint density at radius 3 is 2.72 bits per heavy atom. The van der Waals surface area contributed by atoms with Crippen molar-refractivity contribution in [3.05, 3.63) is 34.9 Å². The van der Waals surface area contributed by atoms with Crippen LogP contribution in [0.4, 0.5) is 0 Å².